The van der Waals surface area contributed by atoms with Crippen molar-refractivity contribution in [2.45, 2.75) is 13.3 Å². The molecule has 2 aromatic rings. The Bertz CT molecular complexity index is 448. The highest BCUT2D eigenvalue weighted by Crippen LogP contribution is 2.19. The molecule has 1 aromatic carbocycles. The molecule has 78 valence electrons. The first-order valence-electron chi connectivity index (χ1n) is 5.20. The standard InChI is InChI=1S/C13H14ClN/c1-10(9-14)8-11-4-2-6-13-12(11)5-3-7-15-13/h2-7,10H,8-9H2,1H3. The molecule has 15 heavy (non-hydrogen) atoms. The van der Waals surface area contributed by atoms with Gasteiger partial charge in [-0.05, 0) is 30.0 Å². The highest BCUT2D eigenvalue weighted by Gasteiger charge is 2.05. The molecule has 0 aliphatic heterocycles. The Balaban J connectivity index is 2.42. The van der Waals surface area contributed by atoms with Gasteiger partial charge in [0.2, 0.25) is 0 Å². The second kappa shape index (κ2) is 4.63. The number of fused-ring (bicyclic) bond motifs is 1. The summed E-state index contributed by atoms with van der Waals surface area (Å²) in [5.41, 5.74) is 2.41. The van der Waals surface area contributed by atoms with Gasteiger partial charge in [0, 0.05) is 17.5 Å². The van der Waals surface area contributed by atoms with Crippen LogP contribution >= 0.6 is 11.6 Å². The fourth-order valence-electron chi connectivity index (χ4n) is 1.78. The molecule has 0 spiro atoms. The normalized spacial score (nSPS) is 12.9. The van der Waals surface area contributed by atoms with Gasteiger partial charge in [0.15, 0.2) is 0 Å². The Labute approximate surface area is 95.1 Å². The number of halogens is 1. The molecule has 0 aliphatic carbocycles. The molecule has 2 heteroatoms. The lowest BCUT2D eigenvalue weighted by Gasteiger charge is -2.09. The summed E-state index contributed by atoms with van der Waals surface area (Å²) >= 11 is 5.84. The van der Waals surface area contributed by atoms with E-state index in [0.717, 1.165) is 11.9 Å². The Kier molecular flexibility index (Phi) is 3.22. The van der Waals surface area contributed by atoms with Crippen molar-refractivity contribution >= 4 is 22.5 Å². The first kappa shape index (κ1) is 10.4. The highest BCUT2D eigenvalue weighted by molar-refractivity contribution is 6.18. The summed E-state index contributed by atoms with van der Waals surface area (Å²) in [6, 6.07) is 10.4. The minimum absolute atomic E-state index is 0.512. The molecule has 1 unspecified atom stereocenters. The molecule has 1 atom stereocenters. The Hall–Kier alpha value is -1.08. The summed E-state index contributed by atoms with van der Waals surface area (Å²) in [6.07, 6.45) is 2.85. The predicted molar refractivity (Wildman–Crippen MR) is 65.3 cm³/mol. The smallest absolute Gasteiger partial charge is 0.0704 e. The van der Waals surface area contributed by atoms with E-state index >= 15 is 0 Å². The van der Waals surface area contributed by atoms with Gasteiger partial charge in [0.05, 0.1) is 5.52 Å². The Morgan fingerprint density at radius 3 is 2.93 bits per heavy atom. The molecule has 0 saturated heterocycles. The van der Waals surface area contributed by atoms with E-state index < -0.39 is 0 Å². The number of pyridine rings is 1. The predicted octanol–water partition coefficient (Wildman–Crippen LogP) is 3.65. The van der Waals surface area contributed by atoms with Crippen LogP contribution in [0.25, 0.3) is 10.9 Å². The average molecular weight is 220 g/mol. The van der Waals surface area contributed by atoms with Crippen LogP contribution < -0.4 is 0 Å². The molecule has 2 rings (SSSR count). The maximum atomic E-state index is 5.84. The zero-order valence-corrected chi connectivity index (χ0v) is 9.54. The summed E-state index contributed by atoms with van der Waals surface area (Å²) in [4.78, 5) is 4.34. The van der Waals surface area contributed by atoms with Gasteiger partial charge in [0.25, 0.3) is 0 Å². The molecular formula is C13H14ClN. The van der Waals surface area contributed by atoms with Crippen molar-refractivity contribution in [1.82, 2.24) is 4.98 Å². The third-order valence-electron chi connectivity index (χ3n) is 2.57. The maximum absolute atomic E-state index is 5.84. The van der Waals surface area contributed by atoms with E-state index in [1.165, 1.54) is 10.9 Å². The van der Waals surface area contributed by atoms with Crippen LogP contribution in [0.1, 0.15) is 12.5 Å². The average Bonchev–Trinajstić information content (AvgIpc) is 2.29. The number of nitrogens with zero attached hydrogens (tertiary/aromatic N) is 1. The lowest BCUT2D eigenvalue weighted by molar-refractivity contribution is 0.657. The van der Waals surface area contributed by atoms with E-state index in [4.69, 9.17) is 11.6 Å². The van der Waals surface area contributed by atoms with Crippen molar-refractivity contribution in [2.24, 2.45) is 5.92 Å². The van der Waals surface area contributed by atoms with E-state index in [9.17, 15) is 0 Å². The number of benzene rings is 1. The number of rotatable bonds is 3. The second-order valence-electron chi connectivity index (χ2n) is 3.95. The van der Waals surface area contributed by atoms with Crippen LogP contribution in [-0.2, 0) is 6.42 Å². The minimum Gasteiger partial charge on any atom is -0.256 e. The summed E-state index contributed by atoms with van der Waals surface area (Å²) in [5.74, 6) is 1.22. The summed E-state index contributed by atoms with van der Waals surface area (Å²) in [6.45, 7) is 2.17. The van der Waals surface area contributed by atoms with Gasteiger partial charge in [-0.3, -0.25) is 4.98 Å². The van der Waals surface area contributed by atoms with Crippen LogP contribution in [0.2, 0.25) is 0 Å². The fraction of sp³-hybridized carbons (Fsp3) is 0.308. The summed E-state index contributed by atoms with van der Waals surface area (Å²) in [7, 11) is 0. The molecule has 0 radical (unpaired) electrons. The van der Waals surface area contributed by atoms with Crippen LogP contribution in [0, 0.1) is 5.92 Å². The molecule has 0 aliphatic rings. The highest BCUT2D eigenvalue weighted by atomic mass is 35.5. The SMILES string of the molecule is CC(CCl)Cc1cccc2ncccc12. The molecule has 1 heterocycles. The van der Waals surface area contributed by atoms with Gasteiger partial charge in [-0.15, -0.1) is 11.6 Å². The van der Waals surface area contributed by atoms with E-state index in [-0.39, 0.29) is 0 Å². The van der Waals surface area contributed by atoms with Gasteiger partial charge in [-0.2, -0.15) is 0 Å². The van der Waals surface area contributed by atoms with Crippen molar-refractivity contribution < 1.29 is 0 Å². The molecule has 1 nitrogen and oxygen atoms in total. The van der Waals surface area contributed by atoms with Crippen molar-refractivity contribution in [3.05, 3.63) is 42.1 Å². The van der Waals surface area contributed by atoms with Crippen molar-refractivity contribution in [3.8, 4) is 0 Å². The molecule has 0 fully saturated rings. The molecule has 0 saturated carbocycles. The van der Waals surface area contributed by atoms with Gasteiger partial charge in [0.1, 0.15) is 0 Å². The zero-order chi connectivity index (χ0) is 10.7. The maximum Gasteiger partial charge on any atom is 0.0704 e. The van der Waals surface area contributed by atoms with Crippen molar-refractivity contribution in [3.63, 3.8) is 0 Å². The van der Waals surface area contributed by atoms with Crippen molar-refractivity contribution in [2.75, 3.05) is 5.88 Å². The molecule has 0 N–H and O–H groups in total. The molecule has 1 aromatic heterocycles. The van der Waals surface area contributed by atoms with Gasteiger partial charge in [-0.1, -0.05) is 25.1 Å². The minimum atomic E-state index is 0.512. The van der Waals surface area contributed by atoms with E-state index in [1.807, 2.05) is 18.3 Å². The summed E-state index contributed by atoms with van der Waals surface area (Å²) < 4.78 is 0. The van der Waals surface area contributed by atoms with Crippen LogP contribution in [0.4, 0.5) is 0 Å². The number of hydrogen-bond donors (Lipinski definition) is 0. The first-order chi connectivity index (χ1) is 7.31. The van der Waals surface area contributed by atoms with Crippen LogP contribution in [0.15, 0.2) is 36.5 Å². The number of aromatic nitrogens is 1. The van der Waals surface area contributed by atoms with E-state index in [1.54, 1.807) is 0 Å². The first-order valence-corrected chi connectivity index (χ1v) is 5.73. The monoisotopic (exact) mass is 219 g/mol. The van der Waals surface area contributed by atoms with E-state index in [0.29, 0.717) is 11.8 Å². The topological polar surface area (TPSA) is 12.9 Å². The summed E-state index contributed by atoms with van der Waals surface area (Å²) in [5, 5.41) is 1.25. The molecular weight excluding hydrogens is 206 g/mol. The van der Waals surface area contributed by atoms with Crippen LogP contribution in [-0.4, -0.2) is 10.9 Å². The van der Waals surface area contributed by atoms with Gasteiger partial charge in [-0.25, -0.2) is 0 Å². The quantitative estimate of drug-likeness (QED) is 0.719. The van der Waals surface area contributed by atoms with Crippen LogP contribution in [0.5, 0.6) is 0 Å². The lowest BCUT2D eigenvalue weighted by Crippen LogP contribution is -2.01. The molecule has 0 amide bonds. The zero-order valence-electron chi connectivity index (χ0n) is 8.78. The van der Waals surface area contributed by atoms with Gasteiger partial charge < -0.3 is 0 Å². The third-order valence-corrected chi connectivity index (χ3v) is 3.09. The number of hydrogen-bond acceptors (Lipinski definition) is 1. The van der Waals surface area contributed by atoms with Crippen molar-refractivity contribution in [1.29, 1.82) is 0 Å². The fourth-order valence-corrected chi connectivity index (χ4v) is 1.88. The largest absolute Gasteiger partial charge is 0.256 e. The Morgan fingerprint density at radius 1 is 1.27 bits per heavy atom. The van der Waals surface area contributed by atoms with E-state index in [2.05, 4.69) is 30.1 Å². The van der Waals surface area contributed by atoms with Gasteiger partial charge >= 0.3 is 0 Å². The van der Waals surface area contributed by atoms with Crippen LogP contribution in [0.3, 0.4) is 0 Å². The Morgan fingerprint density at radius 2 is 2.13 bits per heavy atom. The lowest BCUT2D eigenvalue weighted by atomic mass is 9.99. The number of alkyl halides is 1. The third kappa shape index (κ3) is 2.29. The molecule has 0 bridgehead atoms. The second-order valence-corrected chi connectivity index (χ2v) is 4.26.